The van der Waals surface area contributed by atoms with Crippen LogP contribution in [0.15, 0.2) is 27.8 Å². The van der Waals surface area contributed by atoms with Crippen molar-refractivity contribution in [2.24, 2.45) is 14.1 Å². The number of hydrogen-bond donors (Lipinski definition) is 1. The van der Waals surface area contributed by atoms with Gasteiger partial charge in [0.05, 0.1) is 10.2 Å². The highest BCUT2D eigenvalue weighted by molar-refractivity contribution is 7.22. The standard InChI is InChI=1S/C19H21N7O3S/c1-19(2,3)10-6-7-11-12(8-10)30-17(20-11)21-13(27)9-26-14-15(22-23-26)24(4)18(29)25(5)16(14)28/h6-8H,9H2,1-5H3,(H,20,21,27). The highest BCUT2D eigenvalue weighted by atomic mass is 32.1. The molecule has 30 heavy (non-hydrogen) atoms. The fourth-order valence-corrected chi connectivity index (χ4v) is 4.07. The highest BCUT2D eigenvalue weighted by Crippen LogP contribution is 2.31. The summed E-state index contributed by atoms with van der Waals surface area (Å²) >= 11 is 1.38. The van der Waals surface area contributed by atoms with Crippen molar-refractivity contribution < 1.29 is 4.79 Å². The van der Waals surface area contributed by atoms with Gasteiger partial charge in [0.15, 0.2) is 16.3 Å². The second-order valence-corrected chi connectivity index (χ2v) is 9.16. The monoisotopic (exact) mass is 427 g/mol. The van der Waals surface area contributed by atoms with Gasteiger partial charge >= 0.3 is 5.69 Å². The molecule has 0 radical (unpaired) electrons. The summed E-state index contributed by atoms with van der Waals surface area (Å²) in [7, 11) is 2.87. The maximum absolute atomic E-state index is 12.6. The first kappa shape index (κ1) is 20.0. The Morgan fingerprint density at radius 3 is 2.60 bits per heavy atom. The molecule has 0 unspecified atom stereocenters. The van der Waals surface area contributed by atoms with Crippen LogP contribution in [0.3, 0.4) is 0 Å². The van der Waals surface area contributed by atoms with E-state index in [1.54, 1.807) is 0 Å². The lowest BCUT2D eigenvalue weighted by Gasteiger charge is -2.18. The number of fused-ring (bicyclic) bond motifs is 2. The molecule has 0 atom stereocenters. The van der Waals surface area contributed by atoms with Gasteiger partial charge in [-0.25, -0.2) is 14.5 Å². The minimum atomic E-state index is -0.555. The van der Waals surface area contributed by atoms with Gasteiger partial charge in [0.1, 0.15) is 6.54 Å². The summed E-state index contributed by atoms with van der Waals surface area (Å²) in [6, 6.07) is 6.06. The molecule has 0 aliphatic heterocycles. The van der Waals surface area contributed by atoms with Gasteiger partial charge in [-0.3, -0.25) is 18.7 Å². The highest BCUT2D eigenvalue weighted by Gasteiger charge is 2.19. The van der Waals surface area contributed by atoms with Gasteiger partial charge in [0, 0.05) is 14.1 Å². The zero-order valence-electron chi connectivity index (χ0n) is 17.3. The molecule has 0 fully saturated rings. The summed E-state index contributed by atoms with van der Waals surface area (Å²) in [5.41, 5.74) is 1.17. The Balaban J connectivity index is 1.61. The average molecular weight is 427 g/mol. The second kappa shape index (κ2) is 6.87. The van der Waals surface area contributed by atoms with Gasteiger partial charge in [-0.2, -0.15) is 0 Å². The van der Waals surface area contributed by atoms with Crippen molar-refractivity contribution in [3.63, 3.8) is 0 Å². The predicted octanol–water partition coefficient (Wildman–Crippen LogP) is 1.37. The Kier molecular flexibility index (Phi) is 4.57. The fraction of sp³-hybridized carbons (Fsp3) is 0.368. The van der Waals surface area contributed by atoms with Crippen LogP contribution in [0.2, 0.25) is 0 Å². The van der Waals surface area contributed by atoms with Crippen molar-refractivity contribution in [2.75, 3.05) is 5.32 Å². The molecule has 11 heteroatoms. The summed E-state index contributed by atoms with van der Waals surface area (Å²) in [6.45, 7) is 6.19. The van der Waals surface area contributed by atoms with Gasteiger partial charge in [0.2, 0.25) is 5.91 Å². The number of carbonyl (C=O) groups is 1. The van der Waals surface area contributed by atoms with Crippen LogP contribution in [0.25, 0.3) is 21.4 Å². The van der Waals surface area contributed by atoms with Crippen LogP contribution in [-0.2, 0) is 30.8 Å². The molecule has 3 aromatic heterocycles. The number of nitrogens with one attached hydrogen (secondary N) is 1. The minimum Gasteiger partial charge on any atom is -0.300 e. The van der Waals surface area contributed by atoms with E-state index in [2.05, 4.69) is 47.5 Å². The van der Waals surface area contributed by atoms with Crippen LogP contribution in [-0.4, -0.2) is 35.0 Å². The van der Waals surface area contributed by atoms with Gasteiger partial charge in [-0.15, -0.1) is 5.10 Å². The van der Waals surface area contributed by atoms with Crippen LogP contribution < -0.4 is 16.6 Å². The Morgan fingerprint density at radius 2 is 1.90 bits per heavy atom. The van der Waals surface area contributed by atoms with Gasteiger partial charge in [0.25, 0.3) is 5.56 Å². The first-order valence-corrected chi connectivity index (χ1v) is 10.1. The summed E-state index contributed by atoms with van der Waals surface area (Å²) in [4.78, 5) is 41.5. The van der Waals surface area contributed by atoms with Crippen molar-refractivity contribution >= 4 is 43.8 Å². The van der Waals surface area contributed by atoms with E-state index >= 15 is 0 Å². The van der Waals surface area contributed by atoms with Crippen LogP contribution in [0, 0.1) is 0 Å². The molecule has 0 saturated carbocycles. The van der Waals surface area contributed by atoms with Gasteiger partial charge in [-0.05, 0) is 23.1 Å². The zero-order valence-corrected chi connectivity index (χ0v) is 18.1. The molecule has 156 valence electrons. The molecule has 0 spiro atoms. The van der Waals surface area contributed by atoms with E-state index in [0.717, 1.165) is 14.8 Å². The molecular weight excluding hydrogens is 406 g/mol. The van der Waals surface area contributed by atoms with Gasteiger partial charge in [-0.1, -0.05) is 43.4 Å². The Morgan fingerprint density at radius 1 is 1.17 bits per heavy atom. The Bertz CT molecular complexity index is 1420. The molecule has 0 aliphatic carbocycles. The molecule has 1 aromatic carbocycles. The lowest BCUT2D eigenvalue weighted by atomic mass is 9.87. The number of hydrogen-bond acceptors (Lipinski definition) is 7. The van der Waals surface area contributed by atoms with Crippen molar-refractivity contribution in [2.45, 2.75) is 32.7 Å². The maximum Gasteiger partial charge on any atom is 0.332 e. The number of aryl methyl sites for hydroxylation is 1. The molecule has 3 heterocycles. The third-order valence-electron chi connectivity index (χ3n) is 4.91. The van der Waals surface area contributed by atoms with E-state index in [1.165, 1.54) is 40.2 Å². The molecule has 0 aliphatic rings. The molecule has 4 aromatic rings. The van der Waals surface area contributed by atoms with Crippen molar-refractivity contribution in [1.82, 2.24) is 29.1 Å². The molecule has 1 amide bonds. The number of benzene rings is 1. The zero-order chi connectivity index (χ0) is 21.8. The van der Waals surface area contributed by atoms with Crippen LogP contribution >= 0.6 is 11.3 Å². The number of anilines is 1. The normalized spacial score (nSPS) is 12.0. The number of rotatable bonds is 3. The Labute approximate surface area is 174 Å². The van der Waals surface area contributed by atoms with E-state index in [9.17, 15) is 14.4 Å². The minimum absolute atomic E-state index is 0.0159. The molecule has 0 bridgehead atoms. The summed E-state index contributed by atoms with van der Waals surface area (Å²) in [5.74, 6) is -0.396. The third kappa shape index (κ3) is 3.30. The smallest absolute Gasteiger partial charge is 0.300 e. The van der Waals surface area contributed by atoms with Crippen LogP contribution in [0.1, 0.15) is 26.3 Å². The number of thiazole rings is 1. The van der Waals surface area contributed by atoms with E-state index in [-0.39, 0.29) is 23.1 Å². The summed E-state index contributed by atoms with van der Waals surface area (Å²) in [5, 5.41) is 11.0. The SMILES string of the molecule is Cn1c(=O)c2c(nnn2CC(=O)Nc2nc3ccc(C(C)(C)C)cc3s2)n(C)c1=O. The van der Waals surface area contributed by atoms with Crippen molar-refractivity contribution in [3.8, 4) is 0 Å². The quantitative estimate of drug-likeness (QED) is 0.528. The number of nitrogens with zero attached hydrogens (tertiary/aromatic N) is 6. The Hall–Kier alpha value is -3.34. The van der Waals surface area contributed by atoms with Crippen LogP contribution in [0.5, 0.6) is 0 Å². The molecule has 1 N–H and O–H groups in total. The van der Waals surface area contributed by atoms with E-state index in [1.807, 2.05) is 12.1 Å². The van der Waals surface area contributed by atoms with Crippen LogP contribution in [0.4, 0.5) is 5.13 Å². The first-order chi connectivity index (χ1) is 14.1. The van der Waals surface area contributed by atoms with Gasteiger partial charge < -0.3 is 5.32 Å². The third-order valence-corrected chi connectivity index (χ3v) is 5.84. The van der Waals surface area contributed by atoms with E-state index in [0.29, 0.717) is 5.13 Å². The largest absolute Gasteiger partial charge is 0.332 e. The number of aromatic nitrogens is 6. The second-order valence-electron chi connectivity index (χ2n) is 8.12. The molecule has 10 nitrogen and oxygen atoms in total. The lowest BCUT2D eigenvalue weighted by molar-refractivity contribution is -0.116. The van der Waals surface area contributed by atoms with Crippen molar-refractivity contribution in [3.05, 3.63) is 44.6 Å². The van der Waals surface area contributed by atoms with E-state index < -0.39 is 17.2 Å². The van der Waals surface area contributed by atoms with E-state index in [4.69, 9.17) is 0 Å². The topological polar surface area (TPSA) is 117 Å². The lowest BCUT2D eigenvalue weighted by Crippen LogP contribution is -2.38. The summed E-state index contributed by atoms with van der Waals surface area (Å²) < 4.78 is 4.35. The number of carbonyl (C=O) groups excluding carboxylic acids is 1. The average Bonchev–Trinajstić information content (AvgIpc) is 3.26. The summed E-state index contributed by atoms with van der Waals surface area (Å²) in [6.07, 6.45) is 0. The predicted molar refractivity (Wildman–Crippen MR) is 115 cm³/mol. The first-order valence-electron chi connectivity index (χ1n) is 9.26. The molecule has 4 rings (SSSR count). The molecule has 0 saturated heterocycles. The fourth-order valence-electron chi connectivity index (χ4n) is 3.15. The maximum atomic E-state index is 12.6. The van der Waals surface area contributed by atoms with Crippen molar-refractivity contribution in [1.29, 1.82) is 0 Å². The molecular formula is C19H21N7O3S. The number of amides is 1.